The first-order chi connectivity index (χ1) is 11.6. The number of aryl methyl sites for hydroxylation is 1. The SMILES string of the molecule is Cc1ccc(-c2cc(C(=O)NCC(C)N3CCOCC3)no2)cc1. The zero-order valence-corrected chi connectivity index (χ0v) is 14.1. The van der Waals surface area contributed by atoms with E-state index in [2.05, 4.69) is 22.3 Å². The first kappa shape index (κ1) is 16.7. The van der Waals surface area contributed by atoms with Crippen LogP contribution in [0.25, 0.3) is 11.3 Å². The molecule has 6 heteroatoms. The molecule has 128 valence electrons. The van der Waals surface area contributed by atoms with Gasteiger partial charge in [-0.15, -0.1) is 0 Å². The molecule has 1 amide bonds. The van der Waals surface area contributed by atoms with Gasteiger partial charge in [0.15, 0.2) is 11.5 Å². The van der Waals surface area contributed by atoms with Gasteiger partial charge in [0.1, 0.15) is 0 Å². The zero-order valence-electron chi connectivity index (χ0n) is 14.1. The molecule has 1 unspecified atom stereocenters. The number of hydrogen-bond donors (Lipinski definition) is 1. The smallest absolute Gasteiger partial charge is 0.273 e. The molecular formula is C18H23N3O3. The van der Waals surface area contributed by atoms with Gasteiger partial charge in [0.25, 0.3) is 5.91 Å². The summed E-state index contributed by atoms with van der Waals surface area (Å²) in [7, 11) is 0. The van der Waals surface area contributed by atoms with Gasteiger partial charge in [0.2, 0.25) is 0 Å². The summed E-state index contributed by atoms with van der Waals surface area (Å²) in [6.45, 7) is 8.01. The Morgan fingerprint density at radius 3 is 2.71 bits per heavy atom. The molecule has 1 aliphatic rings. The second-order valence-electron chi connectivity index (χ2n) is 6.15. The van der Waals surface area contributed by atoms with Crippen LogP contribution in [0, 0.1) is 6.92 Å². The fraction of sp³-hybridized carbons (Fsp3) is 0.444. The van der Waals surface area contributed by atoms with E-state index in [1.165, 1.54) is 5.56 Å². The molecule has 0 radical (unpaired) electrons. The van der Waals surface area contributed by atoms with E-state index in [1.54, 1.807) is 6.07 Å². The number of aromatic nitrogens is 1. The molecule has 1 aromatic carbocycles. The van der Waals surface area contributed by atoms with E-state index in [-0.39, 0.29) is 11.9 Å². The maximum Gasteiger partial charge on any atom is 0.273 e. The van der Waals surface area contributed by atoms with Crippen LogP contribution in [0.4, 0.5) is 0 Å². The molecule has 0 aliphatic carbocycles. The monoisotopic (exact) mass is 329 g/mol. The van der Waals surface area contributed by atoms with Gasteiger partial charge < -0.3 is 14.6 Å². The van der Waals surface area contributed by atoms with Gasteiger partial charge in [-0.2, -0.15) is 0 Å². The summed E-state index contributed by atoms with van der Waals surface area (Å²) in [4.78, 5) is 14.6. The van der Waals surface area contributed by atoms with Crippen LogP contribution < -0.4 is 5.32 Å². The number of hydrogen-bond acceptors (Lipinski definition) is 5. The molecule has 3 rings (SSSR count). The minimum atomic E-state index is -0.211. The topological polar surface area (TPSA) is 67.6 Å². The number of carbonyl (C=O) groups excluding carboxylic acids is 1. The first-order valence-electron chi connectivity index (χ1n) is 8.27. The molecule has 6 nitrogen and oxygen atoms in total. The van der Waals surface area contributed by atoms with Crippen molar-refractivity contribution in [2.75, 3.05) is 32.8 Å². The molecule has 2 aromatic rings. The van der Waals surface area contributed by atoms with Crippen molar-refractivity contribution in [1.29, 1.82) is 0 Å². The number of carbonyl (C=O) groups is 1. The van der Waals surface area contributed by atoms with Crippen molar-refractivity contribution in [2.45, 2.75) is 19.9 Å². The lowest BCUT2D eigenvalue weighted by Gasteiger charge is -2.32. The number of amides is 1. The number of ether oxygens (including phenoxy) is 1. The lowest BCUT2D eigenvalue weighted by atomic mass is 10.1. The summed E-state index contributed by atoms with van der Waals surface area (Å²) in [6.07, 6.45) is 0. The second kappa shape index (κ2) is 7.59. The van der Waals surface area contributed by atoms with Crippen LogP contribution in [-0.4, -0.2) is 54.9 Å². The van der Waals surface area contributed by atoms with E-state index in [0.29, 0.717) is 18.0 Å². The van der Waals surface area contributed by atoms with E-state index >= 15 is 0 Å². The Kier molecular flexibility index (Phi) is 5.27. The average Bonchev–Trinajstić information content (AvgIpc) is 3.11. The Labute approximate surface area is 141 Å². The normalized spacial score (nSPS) is 16.8. The maximum absolute atomic E-state index is 12.3. The van der Waals surface area contributed by atoms with E-state index in [0.717, 1.165) is 31.9 Å². The highest BCUT2D eigenvalue weighted by Gasteiger charge is 2.19. The molecular weight excluding hydrogens is 306 g/mol. The third-order valence-electron chi connectivity index (χ3n) is 4.31. The number of nitrogens with one attached hydrogen (secondary N) is 1. The third-order valence-corrected chi connectivity index (χ3v) is 4.31. The van der Waals surface area contributed by atoms with Gasteiger partial charge in [-0.3, -0.25) is 9.69 Å². The molecule has 1 fully saturated rings. The average molecular weight is 329 g/mol. The van der Waals surface area contributed by atoms with E-state index in [1.807, 2.05) is 31.2 Å². The highest BCUT2D eigenvalue weighted by Crippen LogP contribution is 2.20. The van der Waals surface area contributed by atoms with Crippen molar-refractivity contribution in [1.82, 2.24) is 15.4 Å². The Morgan fingerprint density at radius 2 is 2.00 bits per heavy atom. The van der Waals surface area contributed by atoms with E-state index < -0.39 is 0 Å². The molecule has 0 bridgehead atoms. The van der Waals surface area contributed by atoms with Crippen molar-refractivity contribution < 1.29 is 14.1 Å². The van der Waals surface area contributed by atoms with Gasteiger partial charge in [0.05, 0.1) is 13.2 Å². The summed E-state index contributed by atoms with van der Waals surface area (Å²) in [6, 6.07) is 9.86. The zero-order chi connectivity index (χ0) is 16.9. The number of benzene rings is 1. The van der Waals surface area contributed by atoms with Crippen LogP contribution in [-0.2, 0) is 4.74 Å². The largest absolute Gasteiger partial charge is 0.379 e. The van der Waals surface area contributed by atoms with Crippen LogP contribution in [0.15, 0.2) is 34.9 Å². The summed E-state index contributed by atoms with van der Waals surface area (Å²) < 4.78 is 10.6. The van der Waals surface area contributed by atoms with Gasteiger partial charge in [-0.05, 0) is 13.8 Å². The molecule has 0 spiro atoms. The van der Waals surface area contributed by atoms with Crippen LogP contribution in [0.3, 0.4) is 0 Å². The Bertz CT molecular complexity index is 675. The van der Waals surface area contributed by atoms with Crippen LogP contribution in [0.5, 0.6) is 0 Å². The minimum absolute atomic E-state index is 0.211. The molecule has 0 saturated carbocycles. The number of rotatable bonds is 5. The number of nitrogens with zero attached hydrogens (tertiary/aromatic N) is 2. The predicted octanol–water partition coefficient (Wildman–Crippen LogP) is 2.10. The second-order valence-corrected chi connectivity index (χ2v) is 6.15. The highest BCUT2D eigenvalue weighted by atomic mass is 16.5. The standard InChI is InChI=1S/C18H23N3O3/c1-13-3-5-15(6-4-13)17-11-16(20-24-17)18(22)19-12-14(2)21-7-9-23-10-8-21/h3-6,11,14H,7-10,12H2,1-2H3,(H,19,22). The summed E-state index contributed by atoms with van der Waals surface area (Å²) in [5.74, 6) is 0.388. The lowest BCUT2D eigenvalue weighted by Crippen LogP contribution is -2.47. The lowest BCUT2D eigenvalue weighted by molar-refractivity contribution is 0.0204. The van der Waals surface area contributed by atoms with Crippen LogP contribution >= 0.6 is 0 Å². The fourth-order valence-corrected chi connectivity index (χ4v) is 2.71. The van der Waals surface area contributed by atoms with Gasteiger partial charge >= 0.3 is 0 Å². The van der Waals surface area contributed by atoms with Crippen LogP contribution in [0.2, 0.25) is 0 Å². The minimum Gasteiger partial charge on any atom is -0.379 e. The number of morpholine rings is 1. The molecule has 1 aromatic heterocycles. The molecule has 1 aliphatic heterocycles. The molecule has 2 heterocycles. The van der Waals surface area contributed by atoms with Gasteiger partial charge in [-0.25, -0.2) is 0 Å². The third kappa shape index (κ3) is 4.01. The van der Waals surface area contributed by atoms with Crippen LogP contribution in [0.1, 0.15) is 23.0 Å². The fourth-order valence-electron chi connectivity index (χ4n) is 2.71. The van der Waals surface area contributed by atoms with Gasteiger partial charge in [0, 0.05) is 37.3 Å². The first-order valence-corrected chi connectivity index (χ1v) is 8.27. The maximum atomic E-state index is 12.3. The molecule has 24 heavy (non-hydrogen) atoms. The molecule has 1 saturated heterocycles. The Morgan fingerprint density at radius 1 is 1.29 bits per heavy atom. The quantitative estimate of drug-likeness (QED) is 0.910. The summed E-state index contributed by atoms with van der Waals surface area (Å²) in [5.41, 5.74) is 2.39. The molecule has 1 N–H and O–H groups in total. The summed E-state index contributed by atoms with van der Waals surface area (Å²) >= 11 is 0. The van der Waals surface area contributed by atoms with Crippen molar-refractivity contribution >= 4 is 5.91 Å². The van der Waals surface area contributed by atoms with Crippen molar-refractivity contribution in [3.63, 3.8) is 0 Å². The van der Waals surface area contributed by atoms with Crippen molar-refractivity contribution in [3.8, 4) is 11.3 Å². The molecule has 1 atom stereocenters. The van der Waals surface area contributed by atoms with E-state index in [4.69, 9.17) is 9.26 Å². The summed E-state index contributed by atoms with van der Waals surface area (Å²) in [5, 5.41) is 6.81. The Balaban J connectivity index is 1.56. The highest BCUT2D eigenvalue weighted by molar-refractivity contribution is 5.93. The van der Waals surface area contributed by atoms with Crippen molar-refractivity contribution in [3.05, 3.63) is 41.6 Å². The Hall–Kier alpha value is -2.18. The predicted molar refractivity (Wildman–Crippen MR) is 90.9 cm³/mol. The van der Waals surface area contributed by atoms with Gasteiger partial charge in [-0.1, -0.05) is 35.0 Å². The van der Waals surface area contributed by atoms with Crippen molar-refractivity contribution in [2.24, 2.45) is 0 Å². The van der Waals surface area contributed by atoms with E-state index in [9.17, 15) is 4.79 Å².